The highest BCUT2D eigenvalue weighted by Crippen LogP contribution is 2.31. The van der Waals surface area contributed by atoms with Gasteiger partial charge in [0.15, 0.2) is 0 Å². The number of carbonyl (C=O) groups excluding carboxylic acids is 1. The smallest absolute Gasteiger partial charge is 0.262 e. The van der Waals surface area contributed by atoms with Crippen molar-refractivity contribution in [1.29, 1.82) is 0 Å². The minimum absolute atomic E-state index is 0.0133. The number of fused-ring (bicyclic) bond motifs is 1. The molecule has 198 valence electrons. The van der Waals surface area contributed by atoms with Crippen molar-refractivity contribution in [3.8, 4) is 17.0 Å². The quantitative estimate of drug-likeness (QED) is 0.352. The first-order valence-electron chi connectivity index (χ1n) is 11.6. The lowest BCUT2D eigenvalue weighted by atomic mass is 10.0. The van der Waals surface area contributed by atoms with Crippen LogP contribution in [0.4, 0.5) is 10.1 Å². The Hall–Kier alpha value is -4.32. The van der Waals surface area contributed by atoms with E-state index in [4.69, 9.17) is 4.74 Å². The number of benzene rings is 2. The molecule has 0 spiro atoms. The van der Waals surface area contributed by atoms with Gasteiger partial charge in [-0.05, 0) is 48.4 Å². The second kappa shape index (κ2) is 10.6. The van der Waals surface area contributed by atoms with Gasteiger partial charge in [0.1, 0.15) is 11.5 Å². The number of aromatic nitrogens is 3. The van der Waals surface area contributed by atoms with Crippen LogP contribution in [0.5, 0.6) is 5.88 Å². The van der Waals surface area contributed by atoms with Gasteiger partial charge >= 0.3 is 0 Å². The topological polar surface area (TPSA) is 132 Å². The molecule has 2 N–H and O–H groups in total. The molecular formula is C26H26FN5O5S. The summed E-state index contributed by atoms with van der Waals surface area (Å²) in [6, 6.07) is 10.0. The van der Waals surface area contributed by atoms with Gasteiger partial charge in [-0.2, -0.15) is 0 Å². The molecule has 0 aliphatic carbocycles. The molecule has 0 bridgehead atoms. The Balaban J connectivity index is 1.74. The Bertz CT molecular complexity index is 1700. The number of nitrogens with one attached hydrogen (secondary N) is 2. The molecule has 0 saturated heterocycles. The van der Waals surface area contributed by atoms with Crippen molar-refractivity contribution >= 4 is 32.5 Å². The molecule has 0 fully saturated rings. The first-order chi connectivity index (χ1) is 18.0. The molecule has 10 nitrogen and oxygen atoms in total. The summed E-state index contributed by atoms with van der Waals surface area (Å²) >= 11 is 0. The highest BCUT2D eigenvalue weighted by atomic mass is 32.2. The summed E-state index contributed by atoms with van der Waals surface area (Å²) in [7, 11) is -1.30. The summed E-state index contributed by atoms with van der Waals surface area (Å²) in [6.07, 6.45) is 2.88. The van der Waals surface area contributed by atoms with Crippen LogP contribution in [0.25, 0.3) is 22.0 Å². The number of hydrogen-bond donors (Lipinski definition) is 2. The van der Waals surface area contributed by atoms with E-state index in [0.717, 1.165) is 6.07 Å². The number of anilines is 1. The molecule has 1 atom stereocenters. The summed E-state index contributed by atoms with van der Waals surface area (Å²) in [5, 5.41) is 2.88. The van der Waals surface area contributed by atoms with E-state index < -0.39 is 21.8 Å². The maximum Gasteiger partial charge on any atom is 0.262 e. The molecule has 4 aromatic rings. The monoisotopic (exact) mass is 539 g/mol. The van der Waals surface area contributed by atoms with Gasteiger partial charge < -0.3 is 10.1 Å². The van der Waals surface area contributed by atoms with Crippen molar-refractivity contribution in [1.82, 2.24) is 19.9 Å². The fourth-order valence-electron chi connectivity index (χ4n) is 4.00. The van der Waals surface area contributed by atoms with Crippen LogP contribution in [-0.2, 0) is 21.4 Å². The van der Waals surface area contributed by atoms with Gasteiger partial charge in [-0.15, -0.1) is 0 Å². The van der Waals surface area contributed by atoms with Gasteiger partial charge in [0.25, 0.3) is 15.6 Å². The molecule has 2 heterocycles. The molecule has 12 heteroatoms. The average molecular weight is 540 g/mol. The predicted molar refractivity (Wildman–Crippen MR) is 141 cm³/mol. The average Bonchev–Trinajstić information content (AvgIpc) is 2.90. The minimum atomic E-state index is -4.17. The van der Waals surface area contributed by atoms with Crippen molar-refractivity contribution in [2.75, 3.05) is 18.9 Å². The fraction of sp³-hybridized carbons (Fsp3) is 0.231. The molecule has 0 aliphatic rings. The van der Waals surface area contributed by atoms with Crippen LogP contribution >= 0.6 is 0 Å². The van der Waals surface area contributed by atoms with Crippen molar-refractivity contribution in [3.05, 3.63) is 76.7 Å². The number of methoxy groups -OCH3 is 1. The third-order valence-electron chi connectivity index (χ3n) is 6.05. The first-order valence-corrected chi connectivity index (χ1v) is 13.1. The highest BCUT2D eigenvalue weighted by molar-refractivity contribution is 7.92. The maximum absolute atomic E-state index is 13.8. The molecule has 0 saturated carbocycles. The van der Waals surface area contributed by atoms with Crippen molar-refractivity contribution in [2.24, 2.45) is 5.92 Å². The van der Waals surface area contributed by atoms with Crippen LogP contribution in [0, 0.1) is 18.7 Å². The molecule has 2 aromatic heterocycles. The van der Waals surface area contributed by atoms with Crippen LogP contribution in [0.3, 0.4) is 0 Å². The Morgan fingerprint density at radius 1 is 1.13 bits per heavy atom. The van der Waals surface area contributed by atoms with Crippen molar-refractivity contribution in [3.63, 3.8) is 0 Å². The van der Waals surface area contributed by atoms with Crippen molar-refractivity contribution < 1.29 is 22.3 Å². The summed E-state index contributed by atoms with van der Waals surface area (Å²) in [5.74, 6) is -1.31. The van der Waals surface area contributed by atoms with Crippen LogP contribution in [0.15, 0.2) is 64.7 Å². The third-order valence-corrected chi connectivity index (χ3v) is 7.56. The second-order valence-electron chi connectivity index (χ2n) is 8.75. The zero-order valence-electron chi connectivity index (χ0n) is 21.1. The summed E-state index contributed by atoms with van der Waals surface area (Å²) in [4.78, 5) is 33.4. The molecule has 0 aliphatic heterocycles. The van der Waals surface area contributed by atoms with Gasteiger partial charge in [0, 0.05) is 25.4 Å². The van der Waals surface area contributed by atoms with E-state index in [2.05, 4.69) is 20.0 Å². The van der Waals surface area contributed by atoms with Gasteiger partial charge in [-0.1, -0.05) is 19.1 Å². The number of carbonyl (C=O) groups is 1. The van der Waals surface area contributed by atoms with Crippen molar-refractivity contribution in [2.45, 2.75) is 25.3 Å². The zero-order valence-corrected chi connectivity index (χ0v) is 22.0. The molecular weight excluding hydrogens is 513 g/mol. The van der Waals surface area contributed by atoms with Crippen LogP contribution in [-0.4, -0.2) is 43.0 Å². The van der Waals surface area contributed by atoms with E-state index in [0.29, 0.717) is 27.6 Å². The minimum Gasteiger partial charge on any atom is -0.480 e. The van der Waals surface area contributed by atoms with E-state index in [-0.39, 0.29) is 34.5 Å². The summed E-state index contributed by atoms with van der Waals surface area (Å²) in [5.41, 5.74) is 1.62. The molecule has 1 unspecified atom stereocenters. The number of amides is 1. The number of nitrogens with zero attached hydrogens (tertiary/aromatic N) is 3. The van der Waals surface area contributed by atoms with Gasteiger partial charge in [0.2, 0.25) is 11.8 Å². The third kappa shape index (κ3) is 5.35. The predicted octanol–water partition coefficient (Wildman–Crippen LogP) is 3.10. The Labute approximate surface area is 218 Å². The molecule has 0 radical (unpaired) electrons. The van der Waals surface area contributed by atoms with Crippen LogP contribution < -0.4 is 20.3 Å². The van der Waals surface area contributed by atoms with E-state index in [9.17, 15) is 22.4 Å². The van der Waals surface area contributed by atoms with Gasteiger partial charge in [-0.3, -0.25) is 18.9 Å². The zero-order chi connectivity index (χ0) is 27.6. The first kappa shape index (κ1) is 26.7. The van der Waals surface area contributed by atoms with E-state index in [1.165, 1.54) is 49.4 Å². The van der Waals surface area contributed by atoms with Gasteiger partial charge in [-0.25, -0.2) is 22.8 Å². The van der Waals surface area contributed by atoms with E-state index in [1.807, 2.05) is 0 Å². The number of ether oxygens (including phenoxy) is 1. The van der Waals surface area contributed by atoms with Crippen LogP contribution in [0.1, 0.15) is 12.5 Å². The second-order valence-corrected chi connectivity index (χ2v) is 10.4. The number of aryl methyl sites for hydroxylation is 1. The maximum atomic E-state index is 13.8. The highest BCUT2D eigenvalue weighted by Gasteiger charge is 2.21. The Morgan fingerprint density at radius 3 is 2.61 bits per heavy atom. The largest absolute Gasteiger partial charge is 0.480 e. The lowest BCUT2D eigenvalue weighted by Gasteiger charge is -2.14. The van der Waals surface area contributed by atoms with E-state index in [1.54, 1.807) is 32.0 Å². The molecule has 4 rings (SSSR count). The number of halogens is 1. The summed E-state index contributed by atoms with van der Waals surface area (Å²) < 4.78 is 48.9. The number of pyridine rings is 1. The van der Waals surface area contributed by atoms with Crippen LogP contribution in [0.2, 0.25) is 0 Å². The standard InChI is InChI=1S/C26H26FN5O5S/c1-15-5-7-19(27)11-23(15)38(35,36)31-22-10-18(12-29-25(22)37-4)17-6-8-21-20(9-17)26(34)32(14-30-21)13-16(2)24(33)28-3/h5-12,14,16,31H,13H2,1-4H3,(H,28,33). The Morgan fingerprint density at radius 2 is 1.89 bits per heavy atom. The summed E-state index contributed by atoms with van der Waals surface area (Å²) in [6.45, 7) is 3.43. The number of rotatable bonds is 8. The Kier molecular flexibility index (Phi) is 7.44. The SMILES string of the molecule is CNC(=O)C(C)Cn1cnc2ccc(-c3cnc(OC)c(NS(=O)(=O)c4cc(F)ccc4C)c3)cc2c1=O. The normalized spacial score (nSPS) is 12.2. The number of hydrogen-bond acceptors (Lipinski definition) is 7. The number of sulfonamides is 1. The molecule has 38 heavy (non-hydrogen) atoms. The molecule has 1 amide bonds. The lowest BCUT2D eigenvalue weighted by Crippen LogP contribution is -2.32. The van der Waals surface area contributed by atoms with E-state index >= 15 is 0 Å². The van der Waals surface area contributed by atoms with Gasteiger partial charge in [0.05, 0.1) is 35.2 Å². The lowest BCUT2D eigenvalue weighted by molar-refractivity contribution is -0.124. The molecule has 2 aromatic carbocycles. The fourth-order valence-corrected chi connectivity index (χ4v) is 5.31.